The van der Waals surface area contributed by atoms with Gasteiger partial charge in [-0.05, 0) is 46.5 Å². The van der Waals surface area contributed by atoms with Gasteiger partial charge in [0, 0.05) is 0 Å². The monoisotopic (exact) mass is 280 g/mol. The highest BCUT2D eigenvalue weighted by molar-refractivity contribution is 5.42. The van der Waals surface area contributed by atoms with Crippen molar-refractivity contribution in [3.63, 3.8) is 0 Å². The molecule has 2 aliphatic carbocycles. The van der Waals surface area contributed by atoms with Crippen LogP contribution < -0.4 is 0 Å². The van der Waals surface area contributed by atoms with Crippen LogP contribution in [0.4, 0.5) is 0 Å². The van der Waals surface area contributed by atoms with Gasteiger partial charge >= 0.3 is 0 Å². The minimum atomic E-state index is -0.500. The molecule has 0 atom stereocenters. The zero-order valence-electron chi connectivity index (χ0n) is 13.6. The Hall–Kier alpha value is -0.660. The summed E-state index contributed by atoms with van der Waals surface area (Å²) in [6.07, 6.45) is 13.2. The molecule has 0 radical (unpaired) electrons. The van der Waals surface area contributed by atoms with Gasteiger partial charge in [-0.1, -0.05) is 38.5 Å². The predicted octanol–water partition coefficient (Wildman–Crippen LogP) is 4.60. The summed E-state index contributed by atoms with van der Waals surface area (Å²) in [5.41, 5.74) is -0.500. The molecule has 20 heavy (non-hydrogen) atoms. The van der Waals surface area contributed by atoms with Gasteiger partial charge in [-0.15, -0.1) is 0 Å². The average Bonchev–Trinajstić information content (AvgIpc) is 2.39. The van der Waals surface area contributed by atoms with Crippen LogP contribution in [-0.2, 0) is 0 Å². The van der Waals surface area contributed by atoms with Crippen LogP contribution >= 0.6 is 0 Å². The Labute approximate surface area is 124 Å². The summed E-state index contributed by atoms with van der Waals surface area (Å²) in [4.78, 5) is 8.92. The van der Waals surface area contributed by atoms with Crippen LogP contribution in [0.2, 0.25) is 0 Å². The maximum atomic E-state index is 8.52. The third-order valence-corrected chi connectivity index (χ3v) is 3.63. The van der Waals surface area contributed by atoms with Gasteiger partial charge in [-0.3, -0.25) is 0 Å². The van der Waals surface area contributed by atoms with Gasteiger partial charge in [0.2, 0.25) is 0 Å². The summed E-state index contributed by atoms with van der Waals surface area (Å²) in [7, 11) is 0. The molecular weight excluding hydrogens is 248 g/mol. The molecule has 0 unspecified atom stereocenters. The van der Waals surface area contributed by atoms with E-state index in [1.165, 1.54) is 64.2 Å². The fraction of sp³-hybridized carbons (Fsp3) is 0.941. The van der Waals surface area contributed by atoms with Gasteiger partial charge in [-0.25, -0.2) is 9.98 Å². The molecule has 0 saturated heterocycles. The van der Waals surface area contributed by atoms with Crippen LogP contribution in [0.1, 0.15) is 85.0 Å². The molecule has 116 valence electrons. The van der Waals surface area contributed by atoms with Crippen LogP contribution in [0.5, 0.6) is 0 Å². The number of aliphatic hydroxyl groups is 1. The molecule has 1 N–H and O–H groups in total. The Kier molecular flexibility index (Phi) is 8.09. The molecule has 0 amide bonds. The summed E-state index contributed by atoms with van der Waals surface area (Å²) < 4.78 is 0. The lowest BCUT2D eigenvalue weighted by Crippen LogP contribution is -2.10. The molecule has 0 bridgehead atoms. The number of rotatable bonds is 2. The SMILES string of the molecule is C(=NC1CCCCC1)=NC1CCCCC1.CC(C)(C)O. The molecule has 0 aromatic heterocycles. The van der Waals surface area contributed by atoms with Gasteiger partial charge in [0.05, 0.1) is 23.7 Å². The Bertz CT molecular complexity index is 273. The smallest absolute Gasteiger partial charge is 0.0898 e. The second kappa shape index (κ2) is 9.31. The maximum absolute atomic E-state index is 8.52. The third-order valence-electron chi connectivity index (χ3n) is 3.63. The summed E-state index contributed by atoms with van der Waals surface area (Å²) in [6, 6.07) is 4.04. The second-order valence-electron chi connectivity index (χ2n) is 7.11. The first-order chi connectivity index (χ1) is 9.45. The third kappa shape index (κ3) is 10.2. The normalized spacial score (nSPS) is 21.4. The minimum Gasteiger partial charge on any atom is -0.391 e. The topological polar surface area (TPSA) is 45.0 Å². The standard InChI is InChI=1S/C13H22N2.C4H10O/c1-3-7-12(8-4-1)14-11-15-13-9-5-2-6-10-13;1-4(2,3)5/h12-13H,1-10H2;5H,1-3H3. The maximum Gasteiger partial charge on any atom is 0.0898 e. The highest BCUT2D eigenvalue weighted by Crippen LogP contribution is 2.21. The first kappa shape index (κ1) is 17.4. The molecule has 0 aromatic carbocycles. The van der Waals surface area contributed by atoms with Gasteiger partial charge in [0.1, 0.15) is 0 Å². The Balaban J connectivity index is 0.000000347. The second-order valence-corrected chi connectivity index (χ2v) is 7.11. The first-order valence-electron chi connectivity index (χ1n) is 8.32. The van der Waals surface area contributed by atoms with Crippen LogP contribution in [0, 0.1) is 0 Å². The quantitative estimate of drug-likeness (QED) is 0.738. The van der Waals surface area contributed by atoms with Crippen molar-refractivity contribution in [2.24, 2.45) is 9.98 Å². The minimum absolute atomic E-state index is 0.500. The van der Waals surface area contributed by atoms with Crippen LogP contribution in [-0.4, -0.2) is 28.8 Å². The highest BCUT2D eigenvalue weighted by atomic mass is 16.3. The van der Waals surface area contributed by atoms with E-state index in [-0.39, 0.29) is 0 Å². The van der Waals surface area contributed by atoms with E-state index in [0.29, 0.717) is 12.1 Å². The van der Waals surface area contributed by atoms with Crippen molar-refractivity contribution in [2.75, 3.05) is 0 Å². The van der Waals surface area contributed by atoms with E-state index in [1.54, 1.807) is 20.8 Å². The molecule has 3 nitrogen and oxygen atoms in total. The lowest BCUT2D eigenvalue weighted by molar-refractivity contribution is 0.102. The molecule has 2 aliphatic rings. The molecule has 2 rings (SSSR count). The number of nitrogens with zero attached hydrogens (tertiary/aromatic N) is 2. The molecule has 2 fully saturated rings. The van der Waals surface area contributed by atoms with Gasteiger partial charge < -0.3 is 5.11 Å². The van der Waals surface area contributed by atoms with Crippen molar-refractivity contribution in [1.29, 1.82) is 0 Å². The molecule has 0 spiro atoms. The van der Waals surface area contributed by atoms with Crippen molar-refractivity contribution < 1.29 is 5.11 Å². The van der Waals surface area contributed by atoms with Gasteiger partial charge in [0.25, 0.3) is 0 Å². The Morgan fingerprint density at radius 2 is 1.05 bits per heavy atom. The van der Waals surface area contributed by atoms with Crippen molar-refractivity contribution in [2.45, 2.75) is 103 Å². The van der Waals surface area contributed by atoms with E-state index < -0.39 is 5.60 Å². The van der Waals surface area contributed by atoms with Gasteiger partial charge in [-0.2, -0.15) is 0 Å². The Morgan fingerprint density at radius 1 is 0.750 bits per heavy atom. The average molecular weight is 280 g/mol. The Morgan fingerprint density at radius 3 is 1.35 bits per heavy atom. The van der Waals surface area contributed by atoms with Crippen molar-refractivity contribution in [3.8, 4) is 0 Å². The van der Waals surface area contributed by atoms with E-state index in [4.69, 9.17) is 5.11 Å². The van der Waals surface area contributed by atoms with E-state index in [0.717, 1.165) is 0 Å². The van der Waals surface area contributed by atoms with E-state index in [2.05, 4.69) is 16.0 Å². The lowest BCUT2D eigenvalue weighted by Gasteiger charge is -2.17. The number of hydrogen-bond donors (Lipinski definition) is 1. The number of aliphatic imine (C=N–C) groups is 2. The largest absolute Gasteiger partial charge is 0.391 e. The van der Waals surface area contributed by atoms with Crippen LogP contribution in [0.25, 0.3) is 0 Å². The molecular formula is C17H32N2O. The fourth-order valence-electron chi connectivity index (χ4n) is 2.62. The van der Waals surface area contributed by atoms with E-state index in [9.17, 15) is 0 Å². The summed E-state index contributed by atoms with van der Waals surface area (Å²) in [6.45, 7) is 5.23. The zero-order valence-corrected chi connectivity index (χ0v) is 13.6. The summed E-state index contributed by atoms with van der Waals surface area (Å²) >= 11 is 0. The zero-order chi connectivity index (χ0) is 14.8. The number of hydrogen-bond acceptors (Lipinski definition) is 3. The molecule has 2 saturated carbocycles. The molecule has 0 aromatic rings. The molecule has 0 heterocycles. The van der Waals surface area contributed by atoms with Crippen LogP contribution in [0.3, 0.4) is 0 Å². The van der Waals surface area contributed by atoms with Crippen molar-refractivity contribution in [3.05, 3.63) is 0 Å². The predicted molar refractivity (Wildman–Crippen MR) is 85.6 cm³/mol. The van der Waals surface area contributed by atoms with Crippen LogP contribution in [0.15, 0.2) is 9.98 Å². The first-order valence-corrected chi connectivity index (χ1v) is 8.32. The highest BCUT2D eigenvalue weighted by Gasteiger charge is 2.12. The van der Waals surface area contributed by atoms with E-state index >= 15 is 0 Å². The summed E-state index contributed by atoms with van der Waals surface area (Å²) in [5, 5.41) is 8.52. The van der Waals surface area contributed by atoms with Crippen molar-refractivity contribution in [1.82, 2.24) is 0 Å². The van der Waals surface area contributed by atoms with Crippen molar-refractivity contribution >= 4 is 6.01 Å². The lowest BCUT2D eigenvalue weighted by atomic mass is 9.96. The van der Waals surface area contributed by atoms with Gasteiger partial charge in [0.15, 0.2) is 0 Å². The molecule has 0 aliphatic heterocycles. The molecule has 3 heteroatoms. The summed E-state index contributed by atoms with van der Waals surface area (Å²) in [5.74, 6) is 0. The van der Waals surface area contributed by atoms with E-state index in [1.807, 2.05) is 0 Å². The fourth-order valence-corrected chi connectivity index (χ4v) is 2.62.